The van der Waals surface area contributed by atoms with E-state index in [-0.39, 0.29) is 0 Å². The number of rotatable bonds is 0. The fourth-order valence-electron chi connectivity index (χ4n) is 0.384. The van der Waals surface area contributed by atoms with Crippen LogP contribution in [0.5, 0.6) is 0 Å². The Morgan fingerprint density at radius 1 is 1.00 bits per heavy atom. The van der Waals surface area contributed by atoms with Gasteiger partial charge in [-0.05, 0) is 22.3 Å². The highest BCUT2D eigenvalue weighted by atomic mass is 33.1. The van der Waals surface area contributed by atoms with Crippen molar-refractivity contribution in [3.05, 3.63) is 35.9 Å². The predicted molar refractivity (Wildman–Crippen MR) is 47.5 cm³/mol. The molecule has 0 spiro atoms. The molecule has 1 aliphatic heterocycles. The third kappa shape index (κ3) is 3.53. The van der Waals surface area contributed by atoms with E-state index in [2.05, 4.69) is 9.63 Å². The Morgan fingerprint density at radius 2 is 1.90 bits per heavy atom. The van der Waals surface area contributed by atoms with E-state index >= 15 is 0 Å². The molecule has 0 aromatic rings. The van der Waals surface area contributed by atoms with Gasteiger partial charge in [0.25, 0.3) is 0 Å². The van der Waals surface area contributed by atoms with Crippen molar-refractivity contribution in [1.29, 1.82) is 0 Å². The van der Waals surface area contributed by atoms with Crippen LogP contribution in [-0.2, 0) is 0 Å². The van der Waals surface area contributed by atoms with Crippen molar-refractivity contribution in [3.8, 4) is 0 Å². The lowest BCUT2D eigenvalue weighted by Gasteiger charge is -1.82. The van der Waals surface area contributed by atoms with Crippen molar-refractivity contribution in [2.75, 3.05) is 0 Å². The SMILES string of the molecule is C1=CC=CSSN=NC=C1. The molecule has 1 aliphatic rings. The van der Waals surface area contributed by atoms with E-state index in [9.17, 15) is 0 Å². The predicted octanol–water partition coefficient (Wildman–Crippen LogP) is 3.33. The lowest BCUT2D eigenvalue weighted by Crippen LogP contribution is -1.52. The molecule has 2 nitrogen and oxygen atoms in total. The molecule has 4 heteroatoms. The molecule has 10 heavy (non-hydrogen) atoms. The molecule has 0 aromatic carbocycles. The minimum absolute atomic E-state index is 1.35. The highest BCUT2D eigenvalue weighted by Crippen LogP contribution is 2.23. The molecule has 0 amide bonds. The second-order valence-corrected chi connectivity index (χ2v) is 3.22. The molecule has 0 N–H and O–H groups in total. The van der Waals surface area contributed by atoms with Gasteiger partial charge in [0.2, 0.25) is 0 Å². The highest BCUT2D eigenvalue weighted by molar-refractivity contribution is 8.77. The molecule has 0 unspecified atom stereocenters. The molecule has 0 fully saturated rings. The molecule has 0 atom stereocenters. The molecular formula is C6H6N2S2. The Morgan fingerprint density at radius 3 is 2.90 bits per heavy atom. The Bertz CT molecular complexity index is 172. The smallest absolute Gasteiger partial charge is 0.0721 e. The van der Waals surface area contributed by atoms with Crippen LogP contribution < -0.4 is 0 Å². The summed E-state index contributed by atoms with van der Waals surface area (Å²) in [6.07, 6.45) is 9.31. The van der Waals surface area contributed by atoms with Crippen LogP contribution in [0.15, 0.2) is 45.5 Å². The molecule has 0 saturated carbocycles. The zero-order valence-electron chi connectivity index (χ0n) is 5.18. The normalized spacial score (nSPS) is 17.6. The summed E-state index contributed by atoms with van der Waals surface area (Å²) in [5, 5.41) is 5.69. The molecule has 52 valence electrons. The molecule has 0 saturated heterocycles. The summed E-state index contributed by atoms with van der Waals surface area (Å²) >= 11 is 0. The second kappa shape index (κ2) is 5.32. The lowest BCUT2D eigenvalue weighted by molar-refractivity contribution is 1.35. The molecule has 0 aromatic heterocycles. The first-order valence-corrected chi connectivity index (χ1v) is 4.88. The standard InChI is InChI=1S/C6H6N2S2/c1-2-4-6-9-10-8-7-5-3-1/h1-6H. The Balaban J connectivity index is 2.53. The Kier molecular flexibility index (Phi) is 4.05. The Hall–Kier alpha value is -0.480. The fraction of sp³-hybridized carbons (Fsp3) is 0. The summed E-state index contributed by atoms with van der Waals surface area (Å²) in [7, 11) is 2.90. The van der Waals surface area contributed by atoms with Gasteiger partial charge in [-0.15, -0.1) is 4.52 Å². The van der Waals surface area contributed by atoms with Crippen molar-refractivity contribution in [2.24, 2.45) is 9.63 Å². The zero-order chi connectivity index (χ0) is 7.07. The number of nitrogens with zero attached hydrogens (tertiary/aromatic N) is 2. The maximum absolute atomic E-state index is 3.77. The first kappa shape index (κ1) is 7.63. The van der Waals surface area contributed by atoms with E-state index in [4.69, 9.17) is 0 Å². The van der Waals surface area contributed by atoms with Gasteiger partial charge in [0.1, 0.15) is 0 Å². The van der Waals surface area contributed by atoms with Crippen molar-refractivity contribution in [2.45, 2.75) is 0 Å². The summed E-state index contributed by atoms with van der Waals surface area (Å²) in [5.41, 5.74) is 0. The van der Waals surface area contributed by atoms with Crippen LogP contribution in [0.25, 0.3) is 0 Å². The first-order valence-electron chi connectivity index (χ1n) is 2.71. The van der Waals surface area contributed by atoms with Gasteiger partial charge >= 0.3 is 0 Å². The number of hydrogen-bond donors (Lipinski definition) is 0. The summed E-state index contributed by atoms with van der Waals surface area (Å²) in [4.78, 5) is 0. The highest BCUT2D eigenvalue weighted by Gasteiger charge is 1.77. The molecule has 0 aliphatic carbocycles. The first-order chi connectivity index (χ1) is 5.00. The zero-order valence-corrected chi connectivity index (χ0v) is 6.81. The van der Waals surface area contributed by atoms with Gasteiger partial charge in [0, 0.05) is 0 Å². The van der Waals surface area contributed by atoms with E-state index in [1.165, 1.54) is 11.0 Å². The number of allylic oxidation sites excluding steroid dienone is 4. The van der Waals surface area contributed by atoms with Crippen LogP contribution in [-0.4, -0.2) is 0 Å². The van der Waals surface area contributed by atoms with Gasteiger partial charge in [0.15, 0.2) is 0 Å². The van der Waals surface area contributed by atoms with Crippen molar-refractivity contribution < 1.29 is 0 Å². The summed E-state index contributed by atoms with van der Waals surface area (Å²) < 4.78 is 3.77. The largest absolute Gasteiger partial charge is 0.151 e. The van der Waals surface area contributed by atoms with E-state index < -0.39 is 0 Å². The topological polar surface area (TPSA) is 24.7 Å². The lowest BCUT2D eigenvalue weighted by atomic mass is 10.5. The van der Waals surface area contributed by atoms with Crippen LogP contribution in [0.4, 0.5) is 0 Å². The van der Waals surface area contributed by atoms with E-state index in [1.807, 2.05) is 29.7 Å². The van der Waals surface area contributed by atoms with Crippen LogP contribution >= 0.6 is 21.8 Å². The van der Waals surface area contributed by atoms with Gasteiger partial charge in [-0.1, -0.05) is 18.2 Å². The summed E-state index contributed by atoms with van der Waals surface area (Å²) in [5.74, 6) is 0. The van der Waals surface area contributed by atoms with Crippen molar-refractivity contribution in [1.82, 2.24) is 0 Å². The quantitative estimate of drug-likeness (QED) is 0.411. The van der Waals surface area contributed by atoms with Crippen LogP contribution in [0.2, 0.25) is 0 Å². The van der Waals surface area contributed by atoms with E-state index in [0.29, 0.717) is 0 Å². The van der Waals surface area contributed by atoms with Gasteiger partial charge < -0.3 is 0 Å². The van der Waals surface area contributed by atoms with Crippen LogP contribution in [0.3, 0.4) is 0 Å². The number of hydrogen-bond acceptors (Lipinski definition) is 4. The molecule has 0 bridgehead atoms. The van der Waals surface area contributed by atoms with Crippen LogP contribution in [0.1, 0.15) is 0 Å². The third-order valence-corrected chi connectivity index (χ3v) is 2.05. The van der Waals surface area contributed by atoms with E-state index in [0.717, 1.165) is 0 Å². The molecule has 1 heterocycles. The minimum atomic E-state index is 1.35. The summed E-state index contributed by atoms with van der Waals surface area (Å²) in [6.45, 7) is 0. The van der Waals surface area contributed by atoms with Gasteiger partial charge in [-0.2, -0.15) is 5.11 Å². The van der Waals surface area contributed by atoms with Gasteiger partial charge in [0.05, 0.1) is 17.2 Å². The average molecular weight is 170 g/mol. The third-order valence-electron chi connectivity index (χ3n) is 0.744. The van der Waals surface area contributed by atoms with Crippen molar-refractivity contribution in [3.63, 3.8) is 0 Å². The second-order valence-electron chi connectivity index (χ2n) is 1.42. The fourth-order valence-corrected chi connectivity index (χ4v) is 1.29. The monoisotopic (exact) mass is 170 g/mol. The maximum Gasteiger partial charge on any atom is 0.0721 e. The molecule has 0 radical (unpaired) electrons. The minimum Gasteiger partial charge on any atom is -0.151 e. The summed E-state index contributed by atoms with van der Waals surface area (Å²) in [6, 6.07) is 0. The van der Waals surface area contributed by atoms with Crippen LogP contribution in [0, 0.1) is 0 Å². The molecule has 1 rings (SSSR count). The van der Waals surface area contributed by atoms with Gasteiger partial charge in [-0.25, -0.2) is 0 Å². The Labute approximate surface area is 67.7 Å². The van der Waals surface area contributed by atoms with Gasteiger partial charge in [-0.3, -0.25) is 0 Å². The average Bonchev–Trinajstić information content (AvgIpc) is 2.01. The maximum atomic E-state index is 3.77. The van der Waals surface area contributed by atoms with Crippen molar-refractivity contribution >= 4 is 21.8 Å². The molecular weight excluding hydrogens is 164 g/mol. The van der Waals surface area contributed by atoms with E-state index in [1.54, 1.807) is 17.0 Å².